The van der Waals surface area contributed by atoms with Crippen molar-refractivity contribution in [2.75, 3.05) is 49.2 Å². The van der Waals surface area contributed by atoms with E-state index in [0.717, 1.165) is 35.7 Å². The van der Waals surface area contributed by atoms with Crippen LogP contribution in [0.25, 0.3) is 11.3 Å². The second kappa shape index (κ2) is 9.34. The molecule has 1 aliphatic rings. The maximum Gasteiger partial charge on any atom is 0.238 e. The lowest BCUT2D eigenvalue weighted by Gasteiger charge is -2.25. The van der Waals surface area contributed by atoms with E-state index in [1.54, 1.807) is 6.20 Å². The predicted octanol–water partition coefficient (Wildman–Crippen LogP) is 2.74. The van der Waals surface area contributed by atoms with Crippen LogP contribution in [0.1, 0.15) is 0 Å². The fourth-order valence-electron chi connectivity index (χ4n) is 3.24. The molecule has 8 nitrogen and oxygen atoms in total. The Morgan fingerprint density at radius 1 is 1.07 bits per heavy atom. The quantitative estimate of drug-likeness (QED) is 0.543. The standard InChI is InChI=1S/C22H24N6O2/c23-17-4-2-6-19(14-17)26-22-24-8-7-20(27-22)16-3-1-5-18(13-16)25-21(29)15-28-9-11-30-12-10-28/h1-8,13-14H,9-12,15,23H2,(H,25,29)(H,24,26,27). The molecule has 154 valence electrons. The number of carbonyl (C=O) groups excluding carboxylic acids is 1. The number of amides is 1. The van der Waals surface area contributed by atoms with Crippen LogP contribution in [0.3, 0.4) is 0 Å². The highest BCUT2D eigenvalue weighted by molar-refractivity contribution is 5.92. The lowest BCUT2D eigenvalue weighted by Crippen LogP contribution is -2.41. The van der Waals surface area contributed by atoms with Crippen LogP contribution in [-0.4, -0.2) is 53.6 Å². The average Bonchev–Trinajstić information content (AvgIpc) is 2.75. The van der Waals surface area contributed by atoms with Crippen molar-refractivity contribution in [3.05, 3.63) is 60.8 Å². The van der Waals surface area contributed by atoms with Crippen LogP contribution in [0.15, 0.2) is 60.8 Å². The van der Waals surface area contributed by atoms with E-state index in [-0.39, 0.29) is 5.91 Å². The van der Waals surface area contributed by atoms with Crippen molar-refractivity contribution in [3.63, 3.8) is 0 Å². The molecule has 1 saturated heterocycles. The highest BCUT2D eigenvalue weighted by atomic mass is 16.5. The minimum absolute atomic E-state index is 0.0410. The molecule has 0 saturated carbocycles. The van der Waals surface area contributed by atoms with Gasteiger partial charge in [-0.1, -0.05) is 18.2 Å². The topological polar surface area (TPSA) is 105 Å². The lowest BCUT2D eigenvalue weighted by atomic mass is 10.1. The van der Waals surface area contributed by atoms with Crippen LogP contribution in [0.2, 0.25) is 0 Å². The fraction of sp³-hybridized carbons (Fsp3) is 0.227. The summed E-state index contributed by atoms with van der Waals surface area (Å²) < 4.78 is 5.32. The first-order valence-corrected chi connectivity index (χ1v) is 9.82. The largest absolute Gasteiger partial charge is 0.399 e. The number of aromatic nitrogens is 2. The summed E-state index contributed by atoms with van der Waals surface area (Å²) in [5, 5.41) is 6.13. The van der Waals surface area contributed by atoms with E-state index in [1.165, 1.54) is 0 Å². The highest BCUT2D eigenvalue weighted by Crippen LogP contribution is 2.23. The van der Waals surface area contributed by atoms with Gasteiger partial charge in [-0.05, 0) is 36.4 Å². The fourth-order valence-corrected chi connectivity index (χ4v) is 3.24. The summed E-state index contributed by atoms with van der Waals surface area (Å²) in [5.74, 6) is 0.431. The van der Waals surface area contributed by atoms with Gasteiger partial charge in [-0.2, -0.15) is 0 Å². The summed E-state index contributed by atoms with van der Waals surface area (Å²) in [6, 6.07) is 16.9. The molecule has 0 bridgehead atoms. The van der Waals surface area contributed by atoms with Crippen molar-refractivity contribution in [1.82, 2.24) is 14.9 Å². The number of nitrogens with one attached hydrogen (secondary N) is 2. The summed E-state index contributed by atoms with van der Waals surface area (Å²) in [6.45, 7) is 3.24. The number of rotatable bonds is 6. The van der Waals surface area contributed by atoms with E-state index in [4.69, 9.17) is 10.5 Å². The van der Waals surface area contributed by atoms with Crippen LogP contribution in [0.5, 0.6) is 0 Å². The Morgan fingerprint density at radius 3 is 2.70 bits per heavy atom. The van der Waals surface area contributed by atoms with E-state index in [9.17, 15) is 4.79 Å². The van der Waals surface area contributed by atoms with Crippen molar-refractivity contribution in [2.45, 2.75) is 0 Å². The predicted molar refractivity (Wildman–Crippen MR) is 117 cm³/mol. The van der Waals surface area contributed by atoms with Crippen LogP contribution in [-0.2, 0) is 9.53 Å². The Labute approximate surface area is 175 Å². The third-order valence-corrected chi connectivity index (χ3v) is 4.71. The van der Waals surface area contributed by atoms with Crippen LogP contribution >= 0.6 is 0 Å². The minimum Gasteiger partial charge on any atom is -0.399 e. The van der Waals surface area contributed by atoms with Crippen molar-refractivity contribution < 1.29 is 9.53 Å². The molecule has 0 atom stereocenters. The molecule has 1 fully saturated rings. The molecule has 8 heteroatoms. The van der Waals surface area contributed by atoms with Crippen molar-refractivity contribution in [1.29, 1.82) is 0 Å². The Balaban J connectivity index is 1.44. The van der Waals surface area contributed by atoms with Gasteiger partial charge in [0.2, 0.25) is 11.9 Å². The molecule has 2 heterocycles. The molecule has 3 aromatic rings. The molecule has 30 heavy (non-hydrogen) atoms. The molecule has 4 N–H and O–H groups in total. The number of hydrogen-bond donors (Lipinski definition) is 3. The monoisotopic (exact) mass is 404 g/mol. The molecular formula is C22H24N6O2. The van der Waals surface area contributed by atoms with Gasteiger partial charge in [-0.3, -0.25) is 9.69 Å². The summed E-state index contributed by atoms with van der Waals surface area (Å²) in [6.07, 6.45) is 1.70. The molecular weight excluding hydrogens is 380 g/mol. The molecule has 1 amide bonds. The maximum absolute atomic E-state index is 12.4. The Kier molecular flexibility index (Phi) is 6.17. The summed E-state index contributed by atoms with van der Waals surface area (Å²) in [7, 11) is 0. The van der Waals surface area contributed by atoms with Gasteiger partial charge in [-0.15, -0.1) is 0 Å². The molecule has 4 rings (SSSR count). The second-order valence-electron chi connectivity index (χ2n) is 7.03. The maximum atomic E-state index is 12.4. The third-order valence-electron chi connectivity index (χ3n) is 4.71. The number of hydrogen-bond acceptors (Lipinski definition) is 7. The molecule has 0 unspecified atom stereocenters. The van der Waals surface area contributed by atoms with Crippen molar-refractivity contribution in [3.8, 4) is 11.3 Å². The summed E-state index contributed by atoms with van der Waals surface area (Å²) in [4.78, 5) is 23.3. The van der Waals surface area contributed by atoms with E-state index in [0.29, 0.717) is 31.4 Å². The first-order valence-electron chi connectivity index (χ1n) is 9.82. The minimum atomic E-state index is -0.0410. The van der Waals surface area contributed by atoms with Gasteiger partial charge in [0.15, 0.2) is 0 Å². The van der Waals surface area contributed by atoms with Gasteiger partial charge in [-0.25, -0.2) is 9.97 Å². The van der Waals surface area contributed by atoms with Crippen molar-refractivity contribution >= 4 is 28.9 Å². The zero-order valence-electron chi connectivity index (χ0n) is 16.5. The third kappa shape index (κ3) is 5.31. The Morgan fingerprint density at radius 2 is 1.87 bits per heavy atom. The summed E-state index contributed by atoms with van der Waals surface area (Å²) >= 11 is 0. The number of morpholine rings is 1. The molecule has 0 spiro atoms. The van der Waals surface area contributed by atoms with Gasteiger partial charge < -0.3 is 21.1 Å². The number of nitrogen functional groups attached to an aromatic ring is 1. The number of anilines is 4. The summed E-state index contributed by atoms with van der Waals surface area (Å²) in [5.41, 5.74) is 9.67. The molecule has 1 aromatic heterocycles. The van der Waals surface area contributed by atoms with Gasteiger partial charge in [0.1, 0.15) is 0 Å². The van der Waals surface area contributed by atoms with Gasteiger partial charge >= 0.3 is 0 Å². The van der Waals surface area contributed by atoms with Crippen LogP contribution < -0.4 is 16.4 Å². The number of carbonyl (C=O) groups is 1. The zero-order valence-corrected chi connectivity index (χ0v) is 16.5. The SMILES string of the molecule is Nc1cccc(Nc2nccc(-c3cccc(NC(=O)CN4CCOCC4)c3)n2)c1. The first-order chi connectivity index (χ1) is 14.7. The molecule has 2 aromatic carbocycles. The second-order valence-corrected chi connectivity index (χ2v) is 7.03. The highest BCUT2D eigenvalue weighted by Gasteiger charge is 2.14. The average molecular weight is 404 g/mol. The van der Waals surface area contributed by atoms with E-state index >= 15 is 0 Å². The smallest absolute Gasteiger partial charge is 0.238 e. The molecule has 0 aliphatic carbocycles. The number of ether oxygens (including phenoxy) is 1. The molecule has 1 aliphatic heterocycles. The molecule has 0 radical (unpaired) electrons. The normalized spacial score (nSPS) is 14.3. The van der Waals surface area contributed by atoms with Crippen LogP contribution in [0.4, 0.5) is 23.0 Å². The number of nitrogens with zero attached hydrogens (tertiary/aromatic N) is 3. The van der Waals surface area contributed by atoms with Crippen LogP contribution in [0, 0.1) is 0 Å². The van der Waals surface area contributed by atoms with E-state index < -0.39 is 0 Å². The Hall–Kier alpha value is -3.49. The number of nitrogens with two attached hydrogens (primary N) is 1. The van der Waals surface area contributed by atoms with Gasteiger partial charge in [0.05, 0.1) is 25.5 Å². The lowest BCUT2D eigenvalue weighted by molar-refractivity contribution is -0.118. The van der Waals surface area contributed by atoms with E-state index in [1.807, 2.05) is 54.6 Å². The van der Waals surface area contributed by atoms with E-state index in [2.05, 4.69) is 25.5 Å². The van der Waals surface area contributed by atoms with Gasteiger partial charge in [0, 0.05) is 41.9 Å². The first kappa shape index (κ1) is 19.8. The number of benzene rings is 2. The van der Waals surface area contributed by atoms with Gasteiger partial charge in [0.25, 0.3) is 0 Å². The van der Waals surface area contributed by atoms with Crippen molar-refractivity contribution in [2.24, 2.45) is 0 Å². The Bertz CT molecular complexity index is 1020. The zero-order chi connectivity index (χ0) is 20.8.